The van der Waals surface area contributed by atoms with E-state index in [1.807, 2.05) is 12.1 Å². The zero-order valence-corrected chi connectivity index (χ0v) is 19.2. The van der Waals surface area contributed by atoms with Crippen LogP contribution in [0.1, 0.15) is 134 Å². The van der Waals surface area contributed by atoms with E-state index in [1.54, 1.807) is 12.1 Å². The smallest absolute Gasteiger partial charge is 0.258 e. The average molecular weight is 404 g/mol. The highest BCUT2D eigenvalue weighted by Crippen LogP contribution is 2.34. The van der Waals surface area contributed by atoms with Gasteiger partial charge in [0.1, 0.15) is 0 Å². The highest BCUT2D eigenvalue weighted by molar-refractivity contribution is 5.42. The highest BCUT2D eigenvalue weighted by Gasteiger charge is 2.21. The Hall–Kier alpha value is -1.38. The van der Waals surface area contributed by atoms with Crippen LogP contribution in [-0.2, 0) is 0 Å². The Kier molecular flexibility index (Phi) is 15.5. The van der Waals surface area contributed by atoms with Gasteiger partial charge in [0.15, 0.2) is 0 Å². The number of rotatable bonds is 19. The van der Waals surface area contributed by atoms with Crippen LogP contribution < -0.4 is 0 Å². The summed E-state index contributed by atoms with van der Waals surface area (Å²) in [5.41, 5.74) is 1.28. The molecule has 0 N–H and O–H groups in total. The van der Waals surface area contributed by atoms with Gasteiger partial charge >= 0.3 is 0 Å². The molecule has 1 unspecified atom stereocenters. The number of nitro benzene ring substituents is 1. The normalized spacial score (nSPS) is 12.2. The Bertz CT molecular complexity index is 529. The SMILES string of the molecule is CCCCCCCCCCCCC(CCCCCCC)c1ccccc1[N+](=O)[O-]. The predicted octanol–water partition coefficient (Wildman–Crippen LogP) is 9.35. The molecule has 3 nitrogen and oxygen atoms in total. The van der Waals surface area contributed by atoms with Crippen LogP contribution in [0.4, 0.5) is 5.69 Å². The van der Waals surface area contributed by atoms with Crippen LogP contribution in [0.25, 0.3) is 0 Å². The second-order valence-corrected chi connectivity index (χ2v) is 8.69. The van der Waals surface area contributed by atoms with Crippen LogP contribution in [0.3, 0.4) is 0 Å². The van der Waals surface area contributed by atoms with Crippen molar-refractivity contribution in [2.45, 2.75) is 129 Å². The Morgan fingerprint density at radius 3 is 1.55 bits per heavy atom. The fourth-order valence-corrected chi connectivity index (χ4v) is 4.33. The fourth-order valence-electron chi connectivity index (χ4n) is 4.33. The molecule has 166 valence electrons. The molecule has 29 heavy (non-hydrogen) atoms. The van der Waals surface area contributed by atoms with Gasteiger partial charge in [0.25, 0.3) is 5.69 Å². The van der Waals surface area contributed by atoms with Gasteiger partial charge in [-0.05, 0) is 18.8 Å². The van der Waals surface area contributed by atoms with E-state index < -0.39 is 0 Å². The maximum absolute atomic E-state index is 11.5. The summed E-state index contributed by atoms with van der Waals surface area (Å²) < 4.78 is 0. The Balaban J connectivity index is 2.40. The Labute approximate surface area is 179 Å². The lowest BCUT2D eigenvalue weighted by Crippen LogP contribution is -2.04. The molecule has 0 saturated heterocycles. The topological polar surface area (TPSA) is 43.1 Å². The number of hydrogen-bond acceptors (Lipinski definition) is 2. The van der Waals surface area contributed by atoms with Crippen LogP contribution in [0.15, 0.2) is 24.3 Å². The van der Waals surface area contributed by atoms with Crippen molar-refractivity contribution in [3.63, 3.8) is 0 Å². The molecule has 0 aliphatic carbocycles. The second-order valence-electron chi connectivity index (χ2n) is 8.69. The minimum absolute atomic E-state index is 0.196. The molecule has 0 spiro atoms. The molecule has 0 aromatic heterocycles. The summed E-state index contributed by atoms with van der Waals surface area (Å²) >= 11 is 0. The summed E-state index contributed by atoms with van der Waals surface area (Å²) in [5, 5.41) is 11.5. The fraction of sp³-hybridized carbons (Fsp3) is 0.769. The first kappa shape index (κ1) is 25.7. The first-order chi connectivity index (χ1) is 14.2. The predicted molar refractivity (Wildman–Crippen MR) is 126 cm³/mol. The molecular weight excluding hydrogens is 358 g/mol. The molecule has 1 aromatic rings. The van der Waals surface area contributed by atoms with Crippen LogP contribution in [-0.4, -0.2) is 4.92 Å². The maximum Gasteiger partial charge on any atom is 0.272 e. The van der Waals surface area contributed by atoms with Gasteiger partial charge in [0.05, 0.1) is 4.92 Å². The summed E-state index contributed by atoms with van der Waals surface area (Å²) in [6, 6.07) is 7.43. The number of benzene rings is 1. The van der Waals surface area contributed by atoms with E-state index in [0.717, 1.165) is 18.4 Å². The van der Waals surface area contributed by atoms with Crippen molar-refractivity contribution in [3.05, 3.63) is 39.9 Å². The summed E-state index contributed by atoms with van der Waals surface area (Å²) in [6.07, 6.45) is 21.8. The van der Waals surface area contributed by atoms with E-state index in [1.165, 1.54) is 96.3 Å². The van der Waals surface area contributed by atoms with Crippen molar-refractivity contribution in [2.75, 3.05) is 0 Å². The van der Waals surface area contributed by atoms with E-state index in [-0.39, 0.29) is 4.92 Å². The molecule has 0 aliphatic heterocycles. The molecule has 1 rings (SSSR count). The zero-order chi connectivity index (χ0) is 21.2. The number of nitrogens with zero attached hydrogens (tertiary/aromatic N) is 1. The second kappa shape index (κ2) is 17.5. The van der Waals surface area contributed by atoms with E-state index in [4.69, 9.17) is 0 Å². The average Bonchev–Trinajstić information content (AvgIpc) is 2.73. The summed E-state index contributed by atoms with van der Waals surface area (Å²) in [4.78, 5) is 11.3. The minimum Gasteiger partial charge on any atom is -0.258 e. The Morgan fingerprint density at radius 2 is 1.10 bits per heavy atom. The van der Waals surface area contributed by atoms with Crippen molar-refractivity contribution >= 4 is 5.69 Å². The first-order valence-electron chi connectivity index (χ1n) is 12.4. The van der Waals surface area contributed by atoms with Gasteiger partial charge in [-0.3, -0.25) is 10.1 Å². The molecule has 0 radical (unpaired) electrons. The molecule has 0 fully saturated rings. The number of hydrogen-bond donors (Lipinski definition) is 0. The maximum atomic E-state index is 11.5. The summed E-state index contributed by atoms with van der Waals surface area (Å²) in [7, 11) is 0. The lowest BCUT2D eigenvalue weighted by Gasteiger charge is -2.17. The molecule has 1 aromatic carbocycles. The number of nitro groups is 1. The van der Waals surface area contributed by atoms with Crippen LogP contribution in [0.2, 0.25) is 0 Å². The molecular formula is C26H45NO2. The third-order valence-electron chi connectivity index (χ3n) is 6.14. The third-order valence-corrected chi connectivity index (χ3v) is 6.14. The quantitative estimate of drug-likeness (QED) is 0.131. The highest BCUT2D eigenvalue weighted by atomic mass is 16.6. The monoisotopic (exact) mass is 403 g/mol. The van der Waals surface area contributed by atoms with Gasteiger partial charge in [-0.2, -0.15) is 0 Å². The summed E-state index contributed by atoms with van der Waals surface area (Å²) in [6.45, 7) is 4.50. The molecule has 0 bridgehead atoms. The van der Waals surface area contributed by atoms with Crippen molar-refractivity contribution in [1.29, 1.82) is 0 Å². The van der Waals surface area contributed by atoms with Gasteiger partial charge in [-0.15, -0.1) is 0 Å². The lowest BCUT2D eigenvalue weighted by molar-refractivity contribution is -0.385. The van der Waals surface area contributed by atoms with Gasteiger partial charge < -0.3 is 0 Å². The van der Waals surface area contributed by atoms with Gasteiger partial charge in [-0.1, -0.05) is 128 Å². The zero-order valence-electron chi connectivity index (χ0n) is 19.2. The van der Waals surface area contributed by atoms with Crippen LogP contribution >= 0.6 is 0 Å². The van der Waals surface area contributed by atoms with Gasteiger partial charge in [0, 0.05) is 11.6 Å². The minimum atomic E-state index is -0.196. The van der Waals surface area contributed by atoms with Crippen molar-refractivity contribution in [2.24, 2.45) is 0 Å². The molecule has 0 heterocycles. The van der Waals surface area contributed by atoms with Gasteiger partial charge in [-0.25, -0.2) is 0 Å². The lowest BCUT2D eigenvalue weighted by atomic mass is 9.87. The van der Waals surface area contributed by atoms with Crippen LogP contribution in [0, 0.1) is 10.1 Å². The third kappa shape index (κ3) is 12.0. The van der Waals surface area contributed by atoms with Crippen LogP contribution in [0.5, 0.6) is 0 Å². The van der Waals surface area contributed by atoms with Gasteiger partial charge in [0.2, 0.25) is 0 Å². The standard InChI is InChI=1S/C26H45NO2/c1-3-5-7-9-10-11-12-13-15-17-21-24(20-16-14-8-6-4-2)25-22-18-19-23-26(25)27(28)29/h18-19,22-24H,3-17,20-21H2,1-2H3. The molecule has 0 aliphatic rings. The first-order valence-corrected chi connectivity index (χ1v) is 12.4. The molecule has 0 amide bonds. The number of para-hydroxylation sites is 1. The van der Waals surface area contributed by atoms with E-state index in [0.29, 0.717) is 11.6 Å². The van der Waals surface area contributed by atoms with E-state index in [2.05, 4.69) is 13.8 Å². The summed E-state index contributed by atoms with van der Waals surface area (Å²) in [5.74, 6) is 0.340. The van der Waals surface area contributed by atoms with Crippen molar-refractivity contribution in [1.82, 2.24) is 0 Å². The largest absolute Gasteiger partial charge is 0.272 e. The van der Waals surface area contributed by atoms with E-state index in [9.17, 15) is 10.1 Å². The van der Waals surface area contributed by atoms with Crippen molar-refractivity contribution < 1.29 is 4.92 Å². The Morgan fingerprint density at radius 1 is 0.690 bits per heavy atom. The van der Waals surface area contributed by atoms with Crippen molar-refractivity contribution in [3.8, 4) is 0 Å². The number of unbranched alkanes of at least 4 members (excludes halogenated alkanes) is 13. The molecule has 3 heteroatoms. The molecule has 0 saturated carbocycles. The molecule has 1 atom stereocenters. The van der Waals surface area contributed by atoms with E-state index >= 15 is 0 Å².